The second-order valence-corrected chi connectivity index (χ2v) is 9.34. The van der Waals surface area contributed by atoms with Crippen LogP contribution in [0.3, 0.4) is 0 Å². The second-order valence-electron chi connectivity index (χ2n) is 9.34. The van der Waals surface area contributed by atoms with E-state index in [1.54, 1.807) is 12.1 Å². The van der Waals surface area contributed by atoms with E-state index >= 15 is 0 Å². The molecule has 1 fully saturated rings. The molecule has 30 heavy (non-hydrogen) atoms. The van der Waals surface area contributed by atoms with Gasteiger partial charge in [0.15, 0.2) is 0 Å². The molecule has 2 aromatic carbocycles. The van der Waals surface area contributed by atoms with Gasteiger partial charge in [0, 0.05) is 25.2 Å². The molecule has 1 aliphatic heterocycles. The Balaban J connectivity index is 1.77. The lowest BCUT2D eigenvalue weighted by molar-refractivity contribution is -0.929. The summed E-state index contributed by atoms with van der Waals surface area (Å²) in [6, 6.07) is 13.3. The third-order valence-electron chi connectivity index (χ3n) is 6.51. The van der Waals surface area contributed by atoms with Gasteiger partial charge in [0.1, 0.15) is 23.9 Å². The molecule has 1 amide bonds. The molecular formula is C24H33FN3O2+. The van der Waals surface area contributed by atoms with E-state index in [9.17, 15) is 14.3 Å². The fourth-order valence-corrected chi connectivity index (χ4v) is 4.85. The highest BCUT2D eigenvalue weighted by Gasteiger charge is 2.54. The van der Waals surface area contributed by atoms with Gasteiger partial charge in [-0.3, -0.25) is 4.90 Å². The molecule has 0 bridgehead atoms. The number of carbonyl (C=O) groups is 1. The Kier molecular flexibility index (Phi) is 6.32. The number of amides is 1. The monoisotopic (exact) mass is 414 g/mol. The predicted octanol–water partition coefficient (Wildman–Crippen LogP) is 4.45. The molecule has 0 aliphatic carbocycles. The van der Waals surface area contributed by atoms with E-state index in [-0.39, 0.29) is 28.4 Å². The Bertz CT molecular complexity index is 925. The van der Waals surface area contributed by atoms with Gasteiger partial charge in [-0.25, -0.2) is 8.87 Å². The highest BCUT2D eigenvalue weighted by atomic mass is 19.1. The number of rotatable bonds is 4. The highest BCUT2D eigenvalue weighted by Crippen LogP contribution is 2.33. The number of nitrogens with zero attached hydrogens (tertiary/aromatic N) is 2. The molecule has 0 radical (unpaired) electrons. The quantitative estimate of drug-likeness (QED) is 0.726. The van der Waals surface area contributed by atoms with Crippen LogP contribution in [0.15, 0.2) is 42.5 Å². The van der Waals surface area contributed by atoms with Gasteiger partial charge in [0.25, 0.3) is 0 Å². The summed E-state index contributed by atoms with van der Waals surface area (Å²) in [5.41, 5.74) is 8.92. The SMILES string of the molecule is C[C@H]1CN(Cc2cccc(-c3ccc(F)c(CN)c3)c2)CC[N+]1(C(=O)O)C(C)(C)C. The van der Waals surface area contributed by atoms with Crippen LogP contribution in [0.25, 0.3) is 11.1 Å². The van der Waals surface area contributed by atoms with Crippen LogP contribution >= 0.6 is 0 Å². The molecular weight excluding hydrogens is 381 g/mol. The molecule has 2 aromatic rings. The van der Waals surface area contributed by atoms with Crippen LogP contribution in [0.5, 0.6) is 0 Å². The summed E-state index contributed by atoms with van der Waals surface area (Å²) < 4.78 is 13.9. The largest absolute Gasteiger partial charge is 0.514 e. The Labute approximate surface area is 178 Å². The number of halogens is 1. The normalized spacial score (nSPS) is 22.8. The van der Waals surface area contributed by atoms with Crippen molar-refractivity contribution >= 4 is 6.09 Å². The number of hydrogen-bond acceptors (Lipinski definition) is 3. The standard InChI is InChI=1S/C24H32FN3O2/c1-17-15-27(10-11-28(17,23(29)30)24(2,3)4)16-18-6-5-7-19(12-18)20-8-9-22(25)21(13-20)14-26/h5-9,12-13,17H,10-11,14-16,26H2,1-4H3/p+1/t17-,28?/m0/s1. The zero-order valence-corrected chi connectivity index (χ0v) is 18.4. The molecule has 1 saturated heterocycles. The number of hydrogen-bond donors (Lipinski definition) is 2. The van der Waals surface area contributed by atoms with Crippen LogP contribution < -0.4 is 5.73 Å². The van der Waals surface area contributed by atoms with Gasteiger partial charge in [-0.05, 0) is 62.6 Å². The van der Waals surface area contributed by atoms with Crippen molar-refractivity contribution in [1.82, 2.24) is 4.90 Å². The maximum atomic E-state index is 13.8. The maximum absolute atomic E-state index is 13.8. The van der Waals surface area contributed by atoms with Crippen molar-refractivity contribution in [2.45, 2.75) is 52.4 Å². The van der Waals surface area contributed by atoms with Gasteiger partial charge >= 0.3 is 6.09 Å². The molecule has 3 N–H and O–H groups in total. The first-order chi connectivity index (χ1) is 14.1. The van der Waals surface area contributed by atoms with Crippen molar-refractivity contribution in [1.29, 1.82) is 0 Å². The van der Waals surface area contributed by atoms with Crippen LogP contribution in [-0.2, 0) is 13.1 Å². The second kappa shape index (κ2) is 8.46. The first kappa shape index (κ1) is 22.4. The van der Waals surface area contributed by atoms with Crippen molar-refractivity contribution in [3.63, 3.8) is 0 Å². The predicted molar refractivity (Wildman–Crippen MR) is 117 cm³/mol. The molecule has 162 valence electrons. The average molecular weight is 415 g/mol. The summed E-state index contributed by atoms with van der Waals surface area (Å²) in [7, 11) is 0. The number of benzene rings is 2. The van der Waals surface area contributed by atoms with Gasteiger partial charge in [0.05, 0.1) is 6.54 Å². The third-order valence-corrected chi connectivity index (χ3v) is 6.51. The van der Waals surface area contributed by atoms with Gasteiger partial charge in [-0.15, -0.1) is 0 Å². The molecule has 3 rings (SSSR count). The summed E-state index contributed by atoms with van der Waals surface area (Å²) >= 11 is 0. The lowest BCUT2D eigenvalue weighted by atomic mass is 9.95. The van der Waals surface area contributed by atoms with Gasteiger partial charge in [0.2, 0.25) is 0 Å². The molecule has 5 nitrogen and oxygen atoms in total. The number of quaternary nitrogens is 1. The average Bonchev–Trinajstić information content (AvgIpc) is 2.67. The van der Waals surface area contributed by atoms with Crippen LogP contribution in [0, 0.1) is 5.82 Å². The van der Waals surface area contributed by atoms with Crippen LogP contribution in [0.4, 0.5) is 9.18 Å². The minimum Gasteiger partial charge on any atom is -0.435 e. The van der Waals surface area contributed by atoms with Crippen molar-refractivity contribution < 1.29 is 18.8 Å². The third kappa shape index (κ3) is 4.13. The van der Waals surface area contributed by atoms with E-state index in [2.05, 4.69) is 17.0 Å². The van der Waals surface area contributed by atoms with Gasteiger partial charge in [-0.2, -0.15) is 4.79 Å². The topological polar surface area (TPSA) is 66.6 Å². The first-order valence-electron chi connectivity index (χ1n) is 10.5. The first-order valence-corrected chi connectivity index (χ1v) is 10.5. The lowest BCUT2D eigenvalue weighted by Crippen LogP contribution is -2.73. The summed E-state index contributed by atoms with van der Waals surface area (Å²) in [6.45, 7) is 11.0. The molecule has 0 aromatic heterocycles. The Morgan fingerprint density at radius 2 is 1.93 bits per heavy atom. The number of piperazine rings is 1. The lowest BCUT2D eigenvalue weighted by Gasteiger charge is -2.52. The Morgan fingerprint density at radius 3 is 2.53 bits per heavy atom. The summed E-state index contributed by atoms with van der Waals surface area (Å²) in [5, 5.41) is 10.0. The van der Waals surface area contributed by atoms with E-state index in [1.807, 2.05) is 39.8 Å². The molecule has 0 spiro atoms. The zero-order valence-electron chi connectivity index (χ0n) is 18.4. The van der Waals surface area contributed by atoms with Crippen molar-refractivity contribution in [3.8, 4) is 11.1 Å². The molecule has 1 unspecified atom stereocenters. The smallest absolute Gasteiger partial charge is 0.435 e. The van der Waals surface area contributed by atoms with Crippen LogP contribution in [0.1, 0.15) is 38.8 Å². The summed E-state index contributed by atoms with van der Waals surface area (Å²) in [5.74, 6) is -0.279. The van der Waals surface area contributed by atoms with E-state index in [0.717, 1.165) is 36.3 Å². The summed E-state index contributed by atoms with van der Waals surface area (Å²) in [4.78, 5) is 14.5. The molecule has 0 saturated carbocycles. The Morgan fingerprint density at radius 1 is 1.23 bits per heavy atom. The highest BCUT2D eigenvalue weighted by molar-refractivity contribution is 5.65. The van der Waals surface area contributed by atoms with E-state index in [4.69, 9.17) is 5.73 Å². The molecule has 2 atom stereocenters. The summed E-state index contributed by atoms with van der Waals surface area (Å²) in [6.07, 6.45) is -0.747. The van der Waals surface area contributed by atoms with Gasteiger partial charge < -0.3 is 10.8 Å². The van der Waals surface area contributed by atoms with E-state index in [0.29, 0.717) is 12.1 Å². The van der Waals surface area contributed by atoms with Crippen molar-refractivity contribution in [2.24, 2.45) is 5.73 Å². The molecule has 6 heteroatoms. The van der Waals surface area contributed by atoms with E-state index in [1.165, 1.54) is 6.07 Å². The van der Waals surface area contributed by atoms with E-state index < -0.39 is 6.09 Å². The zero-order chi connectivity index (χ0) is 22.1. The Hall–Kier alpha value is -2.28. The van der Waals surface area contributed by atoms with Crippen LogP contribution in [-0.4, -0.2) is 51.8 Å². The number of carboxylic acid groups (broad SMARTS) is 1. The molecule has 1 heterocycles. The maximum Gasteiger partial charge on any atom is 0.514 e. The van der Waals surface area contributed by atoms with Crippen LogP contribution in [0.2, 0.25) is 0 Å². The molecule has 1 aliphatic rings. The minimum atomic E-state index is -0.747. The fourth-order valence-electron chi connectivity index (χ4n) is 4.85. The fraction of sp³-hybridized carbons (Fsp3) is 0.458. The number of nitrogens with two attached hydrogens (primary N) is 1. The van der Waals surface area contributed by atoms with Crippen molar-refractivity contribution in [2.75, 3.05) is 19.6 Å². The van der Waals surface area contributed by atoms with Crippen molar-refractivity contribution in [3.05, 3.63) is 59.4 Å². The minimum absolute atomic E-state index is 0.0105. The van der Waals surface area contributed by atoms with Gasteiger partial charge in [-0.1, -0.05) is 24.3 Å².